The predicted octanol–water partition coefficient (Wildman–Crippen LogP) is 12.8. The van der Waals surface area contributed by atoms with Gasteiger partial charge in [-0.15, -0.1) is 0 Å². The maximum Gasteiger partial charge on any atom is 0.0636 e. The molecule has 3 nitrogen and oxygen atoms in total. The first kappa shape index (κ1) is 20.6. The Balaban J connectivity index is 1.16. The van der Waals surface area contributed by atoms with Gasteiger partial charge in [0.25, 0.3) is 0 Å². The number of H-pyrrole nitrogens is 1. The van der Waals surface area contributed by atoms with Crippen molar-refractivity contribution in [3.8, 4) is 33.6 Å². The quantitative estimate of drug-likeness (QED) is 0.195. The number of hydrogen-bond acceptors (Lipinski definition) is 0. The largest absolute Gasteiger partial charge is 0.355 e. The molecule has 0 unspecified atom stereocenters. The summed E-state index contributed by atoms with van der Waals surface area (Å²) in [5.41, 5.74) is 7.74. The van der Waals surface area contributed by atoms with E-state index in [0.717, 1.165) is 71.4 Å². The number of nitrogens with zero attached hydrogens (tertiary/aromatic N) is 2. The number of nitrogens with one attached hydrogen (secondary N) is 1. The van der Waals surface area contributed by atoms with Crippen LogP contribution in [0.5, 0.6) is 0 Å². The van der Waals surface area contributed by atoms with Gasteiger partial charge in [0, 0.05) is 54.7 Å². The molecule has 238 valence electrons. The second-order valence-corrected chi connectivity index (χ2v) is 12.8. The highest BCUT2D eigenvalue weighted by molar-refractivity contribution is 6.17. The van der Waals surface area contributed by atoms with E-state index in [-0.39, 0.29) is 28.8 Å². The van der Waals surface area contributed by atoms with Crippen LogP contribution in [0, 0.1) is 0 Å². The summed E-state index contributed by atoms with van der Waals surface area (Å²) in [6, 6.07) is 38.4. The standard InChI is InChI=1S/C48H31N3/c1-2-12-31(13-3-1)32-14-10-15-33(28-32)36-19-11-23-47-48(36)39-18-6-9-22-45(39)51(47)35-25-27-46-41(30-35)38-17-5-8-21-44(38)50(46)34-24-26-43-40(29-34)37-16-4-7-20-42(37)49-43/h1-30,49H/i1D,2D,3D,10D,12D,13D,14D,15D,28D. The molecule has 8 aromatic carbocycles. The maximum absolute atomic E-state index is 9.49. The zero-order valence-electron chi connectivity index (χ0n) is 36.0. The summed E-state index contributed by atoms with van der Waals surface area (Å²) >= 11 is 0. The molecule has 0 aliphatic heterocycles. The predicted molar refractivity (Wildman–Crippen MR) is 215 cm³/mol. The molecular formula is C48H31N3. The van der Waals surface area contributed by atoms with Crippen molar-refractivity contribution in [2.75, 3.05) is 0 Å². The van der Waals surface area contributed by atoms with Crippen LogP contribution in [0.2, 0.25) is 0 Å². The number of para-hydroxylation sites is 3. The number of hydrogen-bond donors (Lipinski definition) is 1. The van der Waals surface area contributed by atoms with Gasteiger partial charge < -0.3 is 14.1 Å². The van der Waals surface area contributed by atoms with Crippen LogP contribution in [0.4, 0.5) is 0 Å². The Labute approximate surface area is 306 Å². The molecule has 3 aromatic heterocycles. The highest BCUT2D eigenvalue weighted by atomic mass is 15.0. The van der Waals surface area contributed by atoms with E-state index in [1.807, 2.05) is 48.5 Å². The third kappa shape index (κ3) is 4.19. The van der Waals surface area contributed by atoms with Gasteiger partial charge in [-0.25, -0.2) is 0 Å². The summed E-state index contributed by atoms with van der Waals surface area (Å²) in [5.74, 6) is 0. The molecule has 0 amide bonds. The number of rotatable bonds is 4. The molecule has 51 heavy (non-hydrogen) atoms. The molecule has 3 heterocycles. The lowest BCUT2D eigenvalue weighted by Gasteiger charge is -2.11. The van der Waals surface area contributed by atoms with Crippen LogP contribution < -0.4 is 0 Å². The van der Waals surface area contributed by atoms with Crippen molar-refractivity contribution in [2.45, 2.75) is 0 Å². The molecule has 0 spiro atoms. The zero-order chi connectivity index (χ0) is 41.3. The molecule has 11 aromatic rings. The first-order valence-corrected chi connectivity index (χ1v) is 16.8. The van der Waals surface area contributed by atoms with Crippen molar-refractivity contribution >= 4 is 65.4 Å². The van der Waals surface area contributed by atoms with Crippen molar-refractivity contribution < 1.29 is 12.3 Å². The number of fused-ring (bicyclic) bond motifs is 9. The van der Waals surface area contributed by atoms with Crippen LogP contribution >= 0.6 is 0 Å². The van der Waals surface area contributed by atoms with E-state index < -0.39 is 42.3 Å². The molecule has 0 saturated heterocycles. The van der Waals surface area contributed by atoms with Crippen molar-refractivity contribution in [2.24, 2.45) is 0 Å². The fourth-order valence-corrected chi connectivity index (χ4v) is 7.84. The summed E-state index contributed by atoms with van der Waals surface area (Å²) in [5, 5.41) is 6.01. The molecule has 0 bridgehead atoms. The normalized spacial score (nSPS) is 14.4. The minimum Gasteiger partial charge on any atom is -0.355 e. The number of benzene rings is 8. The summed E-state index contributed by atoms with van der Waals surface area (Å²) in [7, 11) is 0. The molecule has 0 fully saturated rings. The zero-order valence-corrected chi connectivity index (χ0v) is 27.0. The fraction of sp³-hybridized carbons (Fsp3) is 0. The fourth-order valence-electron chi connectivity index (χ4n) is 7.84. The Morgan fingerprint density at radius 3 is 1.88 bits per heavy atom. The van der Waals surface area contributed by atoms with Gasteiger partial charge in [-0.05, 0) is 89.0 Å². The van der Waals surface area contributed by atoms with Crippen molar-refractivity contribution in [1.82, 2.24) is 14.1 Å². The van der Waals surface area contributed by atoms with Gasteiger partial charge in [-0.1, -0.05) is 115 Å². The number of aromatic nitrogens is 3. The van der Waals surface area contributed by atoms with E-state index >= 15 is 0 Å². The lowest BCUT2D eigenvalue weighted by molar-refractivity contribution is 1.17. The van der Waals surface area contributed by atoms with E-state index in [9.17, 15) is 1.37 Å². The topological polar surface area (TPSA) is 25.6 Å². The third-order valence-corrected chi connectivity index (χ3v) is 10.0. The van der Waals surface area contributed by atoms with Crippen molar-refractivity contribution in [1.29, 1.82) is 0 Å². The highest BCUT2D eigenvalue weighted by Gasteiger charge is 2.19. The molecular weight excluding hydrogens is 619 g/mol. The first-order valence-electron chi connectivity index (χ1n) is 21.3. The summed E-state index contributed by atoms with van der Waals surface area (Å²) in [6.45, 7) is 0. The Morgan fingerprint density at radius 2 is 1.02 bits per heavy atom. The van der Waals surface area contributed by atoms with Crippen molar-refractivity contribution in [3.63, 3.8) is 0 Å². The van der Waals surface area contributed by atoms with Crippen LogP contribution in [-0.2, 0) is 0 Å². The van der Waals surface area contributed by atoms with E-state index in [1.165, 1.54) is 0 Å². The van der Waals surface area contributed by atoms with E-state index in [2.05, 4.69) is 86.9 Å². The first-order chi connectivity index (χ1) is 29.0. The van der Waals surface area contributed by atoms with Gasteiger partial charge in [0.2, 0.25) is 0 Å². The van der Waals surface area contributed by atoms with Gasteiger partial charge in [0.05, 0.1) is 34.4 Å². The van der Waals surface area contributed by atoms with Crippen molar-refractivity contribution in [3.05, 3.63) is 182 Å². The lowest BCUT2D eigenvalue weighted by Crippen LogP contribution is -1.96. The summed E-state index contributed by atoms with van der Waals surface area (Å²) < 4.78 is 82.8. The van der Waals surface area contributed by atoms with Gasteiger partial charge in [-0.2, -0.15) is 0 Å². The number of aromatic amines is 1. The monoisotopic (exact) mass is 658 g/mol. The second-order valence-electron chi connectivity index (χ2n) is 12.8. The molecule has 11 rings (SSSR count). The Morgan fingerprint density at radius 1 is 0.412 bits per heavy atom. The maximum atomic E-state index is 9.49. The SMILES string of the molecule is [2H]c1c([2H])c([2H])c(-c2c([2H])c([2H])c([2H])c(-c3cccc4c3c3ccccc3n4-c3ccc4c(c3)c3ccccc3n4-c3ccc4[nH]c5ccccc5c4c3)c2[2H])c([2H])c1[2H]. The molecule has 1 N–H and O–H groups in total. The van der Waals surface area contributed by atoms with Crippen LogP contribution in [0.1, 0.15) is 12.3 Å². The van der Waals surface area contributed by atoms with E-state index in [4.69, 9.17) is 11.0 Å². The van der Waals surface area contributed by atoms with Gasteiger partial charge >= 0.3 is 0 Å². The van der Waals surface area contributed by atoms with Crippen LogP contribution in [0.3, 0.4) is 0 Å². The van der Waals surface area contributed by atoms with Crippen LogP contribution in [0.25, 0.3) is 99.0 Å². The smallest absolute Gasteiger partial charge is 0.0636 e. The third-order valence-electron chi connectivity index (χ3n) is 10.0. The van der Waals surface area contributed by atoms with E-state index in [0.29, 0.717) is 10.9 Å². The minimum atomic E-state index is -0.603. The average molecular weight is 659 g/mol. The molecule has 0 radical (unpaired) electrons. The van der Waals surface area contributed by atoms with Gasteiger partial charge in [0.1, 0.15) is 0 Å². The molecule has 0 aliphatic rings. The Kier molecular flexibility index (Phi) is 4.38. The summed E-state index contributed by atoms with van der Waals surface area (Å²) in [4.78, 5) is 3.54. The van der Waals surface area contributed by atoms with Crippen LogP contribution in [0.15, 0.2) is 182 Å². The average Bonchev–Trinajstić information content (AvgIpc) is 3.93. The van der Waals surface area contributed by atoms with Gasteiger partial charge in [0.15, 0.2) is 0 Å². The van der Waals surface area contributed by atoms with Crippen LogP contribution in [-0.4, -0.2) is 14.1 Å². The molecule has 0 aliphatic carbocycles. The minimum absolute atomic E-state index is 0.0389. The Hall–Kier alpha value is -6.84. The summed E-state index contributed by atoms with van der Waals surface area (Å²) in [6.07, 6.45) is 0. The lowest BCUT2D eigenvalue weighted by atomic mass is 9.96. The highest BCUT2D eigenvalue weighted by Crippen LogP contribution is 2.41. The van der Waals surface area contributed by atoms with Gasteiger partial charge in [-0.3, -0.25) is 0 Å². The molecule has 0 atom stereocenters. The molecule has 0 saturated carbocycles. The second kappa shape index (κ2) is 10.8. The Bertz CT molecular complexity index is 3640. The van der Waals surface area contributed by atoms with E-state index in [1.54, 1.807) is 6.07 Å². The molecule has 3 heteroatoms.